The van der Waals surface area contributed by atoms with Crippen molar-refractivity contribution in [2.24, 2.45) is 17.6 Å². The first kappa shape index (κ1) is 18.0. The molecule has 4 heteroatoms. The number of benzene rings is 1. The molecule has 1 aromatic rings. The summed E-state index contributed by atoms with van der Waals surface area (Å²) in [5, 5.41) is 3.21. The van der Waals surface area contributed by atoms with Crippen molar-refractivity contribution in [3.63, 3.8) is 0 Å². The molecule has 4 unspecified atom stereocenters. The number of hydrogen-bond donors (Lipinski definition) is 2. The van der Waals surface area contributed by atoms with E-state index in [2.05, 4.69) is 31.3 Å². The molecule has 4 atom stereocenters. The molecule has 3 N–H and O–H groups in total. The maximum atomic E-state index is 12.4. The second kappa shape index (κ2) is 8.46. The van der Waals surface area contributed by atoms with Crippen molar-refractivity contribution in [1.29, 1.82) is 0 Å². The van der Waals surface area contributed by atoms with Crippen LogP contribution in [0.25, 0.3) is 0 Å². The zero-order valence-electron chi connectivity index (χ0n) is 14.5. The fourth-order valence-electron chi connectivity index (χ4n) is 3.68. The average molecular weight is 318 g/mol. The smallest absolute Gasteiger partial charge is 0.239 e. The molecule has 0 aromatic heterocycles. The van der Waals surface area contributed by atoms with E-state index < -0.39 is 6.04 Å². The standard InChI is InChI=1S/C19H30N2O2/c1-13-7-6-9-15(11-13)18(16-10-5-4-8-14(16)2)21-19(22)17(20)12-23-3/h4-5,8,10,13,15,17-18H,6-7,9,11-12,20H2,1-3H3,(H,21,22). The third kappa shape index (κ3) is 4.79. The molecule has 0 bridgehead atoms. The van der Waals surface area contributed by atoms with Gasteiger partial charge in [-0.15, -0.1) is 0 Å². The molecule has 1 fully saturated rings. The van der Waals surface area contributed by atoms with Crippen molar-refractivity contribution in [3.8, 4) is 0 Å². The van der Waals surface area contributed by atoms with Crippen molar-refractivity contribution in [2.75, 3.05) is 13.7 Å². The van der Waals surface area contributed by atoms with Crippen LogP contribution in [0.15, 0.2) is 24.3 Å². The van der Waals surface area contributed by atoms with Crippen molar-refractivity contribution in [2.45, 2.75) is 51.6 Å². The molecule has 0 heterocycles. The highest BCUT2D eigenvalue weighted by molar-refractivity contribution is 5.82. The molecule has 23 heavy (non-hydrogen) atoms. The van der Waals surface area contributed by atoms with Crippen molar-refractivity contribution < 1.29 is 9.53 Å². The summed E-state index contributed by atoms with van der Waals surface area (Å²) in [5.41, 5.74) is 8.34. The number of carbonyl (C=O) groups excluding carboxylic acids is 1. The summed E-state index contributed by atoms with van der Waals surface area (Å²) < 4.78 is 5.01. The topological polar surface area (TPSA) is 64.3 Å². The van der Waals surface area contributed by atoms with Crippen LogP contribution in [0.2, 0.25) is 0 Å². The summed E-state index contributed by atoms with van der Waals surface area (Å²) in [5.74, 6) is 1.06. The third-order valence-electron chi connectivity index (χ3n) is 4.95. The van der Waals surface area contributed by atoms with Crippen LogP contribution in [0.3, 0.4) is 0 Å². The zero-order chi connectivity index (χ0) is 16.8. The number of nitrogens with one attached hydrogen (secondary N) is 1. The van der Waals surface area contributed by atoms with Gasteiger partial charge in [0.25, 0.3) is 0 Å². The summed E-state index contributed by atoms with van der Waals surface area (Å²) in [6, 6.07) is 7.74. The molecule has 2 rings (SSSR count). The first-order valence-electron chi connectivity index (χ1n) is 8.63. The maximum Gasteiger partial charge on any atom is 0.239 e. The van der Waals surface area contributed by atoms with Gasteiger partial charge in [-0.2, -0.15) is 0 Å². The van der Waals surface area contributed by atoms with Gasteiger partial charge >= 0.3 is 0 Å². The summed E-state index contributed by atoms with van der Waals surface area (Å²) in [6.07, 6.45) is 4.82. The van der Waals surface area contributed by atoms with Crippen LogP contribution in [-0.4, -0.2) is 25.7 Å². The molecule has 0 saturated heterocycles. The fourth-order valence-corrected chi connectivity index (χ4v) is 3.68. The molecular weight excluding hydrogens is 288 g/mol. The second-order valence-corrected chi connectivity index (χ2v) is 6.94. The first-order valence-corrected chi connectivity index (χ1v) is 8.63. The monoisotopic (exact) mass is 318 g/mol. The number of ether oxygens (including phenoxy) is 1. The molecule has 0 spiro atoms. The van der Waals surface area contributed by atoms with Gasteiger partial charge in [-0.25, -0.2) is 0 Å². The van der Waals surface area contributed by atoms with E-state index in [1.807, 2.05) is 12.1 Å². The van der Waals surface area contributed by atoms with Gasteiger partial charge in [0, 0.05) is 7.11 Å². The van der Waals surface area contributed by atoms with Gasteiger partial charge in [-0.1, -0.05) is 44.0 Å². The summed E-state index contributed by atoms with van der Waals surface area (Å²) in [6.45, 7) is 4.66. The Morgan fingerprint density at radius 2 is 2.13 bits per heavy atom. The SMILES string of the molecule is COCC(N)C(=O)NC(c1ccccc1C)C1CCCC(C)C1. The third-order valence-corrected chi connectivity index (χ3v) is 4.95. The van der Waals surface area contributed by atoms with E-state index >= 15 is 0 Å². The van der Waals surface area contributed by atoms with Crippen LogP contribution in [0, 0.1) is 18.8 Å². The molecule has 128 valence electrons. The van der Waals surface area contributed by atoms with Gasteiger partial charge in [0.2, 0.25) is 5.91 Å². The van der Waals surface area contributed by atoms with E-state index in [-0.39, 0.29) is 18.6 Å². The molecule has 1 saturated carbocycles. The summed E-state index contributed by atoms with van der Waals surface area (Å²) >= 11 is 0. The Morgan fingerprint density at radius 3 is 2.78 bits per heavy atom. The van der Waals surface area contributed by atoms with Crippen molar-refractivity contribution in [3.05, 3.63) is 35.4 Å². The predicted molar refractivity (Wildman–Crippen MR) is 93.0 cm³/mol. The Hall–Kier alpha value is -1.39. The number of rotatable bonds is 6. The van der Waals surface area contributed by atoms with E-state index in [9.17, 15) is 4.79 Å². The molecule has 1 amide bonds. The van der Waals surface area contributed by atoms with Gasteiger partial charge < -0.3 is 15.8 Å². The van der Waals surface area contributed by atoms with Crippen LogP contribution in [0.5, 0.6) is 0 Å². The number of amides is 1. The minimum absolute atomic E-state index is 0.0364. The van der Waals surface area contributed by atoms with E-state index in [1.165, 1.54) is 24.0 Å². The van der Waals surface area contributed by atoms with Crippen LogP contribution in [0.1, 0.15) is 49.8 Å². The first-order chi connectivity index (χ1) is 11.0. The number of hydrogen-bond acceptors (Lipinski definition) is 3. The highest BCUT2D eigenvalue weighted by Crippen LogP contribution is 2.38. The van der Waals surface area contributed by atoms with Crippen LogP contribution in [-0.2, 0) is 9.53 Å². The highest BCUT2D eigenvalue weighted by atomic mass is 16.5. The lowest BCUT2D eigenvalue weighted by Crippen LogP contribution is -2.46. The van der Waals surface area contributed by atoms with Crippen LogP contribution >= 0.6 is 0 Å². The molecule has 1 aromatic carbocycles. The molecule has 4 nitrogen and oxygen atoms in total. The largest absolute Gasteiger partial charge is 0.383 e. The summed E-state index contributed by atoms with van der Waals surface area (Å²) in [7, 11) is 1.56. The van der Waals surface area contributed by atoms with Gasteiger partial charge in [-0.05, 0) is 42.7 Å². The quantitative estimate of drug-likeness (QED) is 0.847. The zero-order valence-corrected chi connectivity index (χ0v) is 14.5. The normalized spacial score (nSPS) is 24.0. The number of carbonyl (C=O) groups is 1. The lowest BCUT2D eigenvalue weighted by molar-refractivity contribution is -0.124. The van der Waals surface area contributed by atoms with Gasteiger partial charge in [0.1, 0.15) is 6.04 Å². The number of aryl methyl sites for hydroxylation is 1. The molecule has 1 aliphatic carbocycles. The van der Waals surface area contributed by atoms with Crippen LogP contribution in [0.4, 0.5) is 0 Å². The molecule has 0 aliphatic heterocycles. The minimum atomic E-state index is -0.618. The van der Waals surface area contributed by atoms with Crippen molar-refractivity contribution in [1.82, 2.24) is 5.32 Å². The fraction of sp³-hybridized carbons (Fsp3) is 0.632. The Bertz CT molecular complexity index is 518. The van der Waals surface area contributed by atoms with Crippen molar-refractivity contribution >= 4 is 5.91 Å². The minimum Gasteiger partial charge on any atom is -0.383 e. The van der Waals surface area contributed by atoms with Gasteiger partial charge in [-0.3, -0.25) is 4.79 Å². The van der Waals surface area contributed by atoms with E-state index in [1.54, 1.807) is 7.11 Å². The Morgan fingerprint density at radius 1 is 1.39 bits per heavy atom. The lowest BCUT2D eigenvalue weighted by atomic mass is 9.76. The summed E-state index contributed by atoms with van der Waals surface area (Å²) in [4.78, 5) is 12.4. The molecule has 0 radical (unpaired) electrons. The lowest BCUT2D eigenvalue weighted by Gasteiger charge is -2.35. The Balaban J connectivity index is 2.21. The van der Waals surface area contributed by atoms with Gasteiger partial charge in [0.05, 0.1) is 12.6 Å². The number of nitrogens with two attached hydrogens (primary N) is 1. The predicted octanol–water partition coefficient (Wildman–Crippen LogP) is 2.95. The van der Waals surface area contributed by atoms with Crippen LogP contribution < -0.4 is 11.1 Å². The van der Waals surface area contributed by atoms with Gasteiger partial charge in [0.15, 0.2) is 0 Å². The molecular formula is C19H30N2O2. The number of methoxy groups -OCH3 is 1. The Kier molecular flexibility index (Phi) is 6.60. The highest BCUT2D eigenvalue weighted by Gasteiger charge is 2.30. The second-order valence-electron chi connectivity index (χ2n) is 6.94. The maximum absolute atomic E-state index is 12.4. The van der Waals surface area contributed by atoms with E-state index in [0.29, 0.717) is 11.8 Å². The molecule has 1 aliphatic rings. The van der Waals surface area contributed by atoms with E-state index in [0.717, 1.165) is 12.8 Å². The average Bonchev–Trinajstić information content (AvgIpc) is 2.53. The van der Waals surface area contributed by atoms with E-state index in [4.69, 9.17) is 10.5 Å². The Labute approximate surface area is 139 Å².